The lowest BCUT2D eigenvalue weighted by molar-refractivity contribution is 1.28. The Labute approximate surface area is 65.0 Å². The highest BCUT2D eigenvalue weighted by atomic mass is 79.9. The van der Waals surface area contributed by atoms with Gasteiger partial charge in [0.1, 0.15) is 4.60 Å². The van der Waals surface area contributed by atoms with Gasteiger partial charge in [0.15, 0.2) is 0 Å². The number of aromatic nitrogens is 1. The summed E-state index contributed by atoms with van der Waals surface area (Å²) >= 11 is 8.41. The Hall–Kier alpha value is -0.0800. The van der Waals surface area contributed by atoms with Crippen LogP contribution in [0.2, 0.25) is 5.02 Å². The maximum atomic E-state index is 7.22. The second kappa shape index (κ2) is 2.46. The highest BCUT2D eigenvalue weighted by Crippen LogP contribution is 2.09. The van der Waals surface area contributed by atoms with Crippen molar-refractivity contribution < 1.29 is 4.11 Å². The van der Waals surface area contributed by atoms with Crippen LogP contribution in [0.15, 0.2) is 22.9 Å². The first-order chi connectivity index (χ1) is 5.04. The van der Waals surface area contributed by atoms with Gasteiger partial charge in [-0.25, -0.2) is 4.98 Å². The van der Waals surface area contributed by atoms with E-state index >= 15 is 0 Å². The van der Waals surface area contributed by atoms with Gasteiger partial charge in [0, 0.05) is 6.17 Å². The number of nitrogens with zero attached hydrogens (tertiary/aromatic N) is 1. The predicted molar refractivity (Wildman–Crippen MR) is 36.9 cm³/mol. The fourth-order valence-electron chi connectivity index (χ4n) is 0.261. The van der Waals surface area contributed by atoms with Crippen LogP contribution < -0.4 is 0 Å². The van der Waals surface area contributed by atoms with Gasteiger partial charge in [-0.3, -0.25) is 0 Å². The van der Waals surface area contributed by atoms with Gasteiger partial charge in [-0.1, -0.05) is 11.6 Å². The second-order valence-electron chi connectivity index (χ2n) is 1.08. The molecule has 0 amide bonds. The molecule has 0 saturated carbocycles. The third-order valence-electron chi connectivity index (χ3n) is 0.528. The van der Waals surface area contributed by atoms with Crippen LogP contribution in [-0.4, -0.2) is 4.98 Å². The van der Waals surface area contributed by atoms with Crippen LogP contribution in [0.4, 0.5) is 0 Å². The third-order valence-corrected chi connectivity index (χ3v) is 1.08. The van der Waals surface area contributed by atoms with Crippen molar-refractivity contribution in [3.63, 3.8) is 0 Å². The van der Waals surface area contributed by atoms with Gasteiger partial charge in [-0.15, -0.1) is 0 Å². The Balaban J connectivity index is 3.46. The van der Waals surface area contributed by atoms with Gasteiger partial charge >= 0.3 is 0 Å². The van der Waals surface area contributed by atoms with E-state index in [4.69, 9.17) is 15.7 Å². The molecule has 1 rings (SSSR count). The molecule has 1 aromatic rings. The van der Waals surface area contributed by atoms with Crippen LogP contribution in [0.1, 0.15) is 4.11 Å². The molecule has 0 atom stereocenters. The van der Waals surface area contributed by atoms with Crippen molar-refractivity contribution >= 4 is 27.5 Å². The molecule has 0 unspecified atom stereocenters. The van der Waals surface area contributed by atoms with Crippen LogP contribution >= 0.6 is 27.5 Å². The molecular formula is C5H3BrClN. The van der Waals surface area contributed by atoms with E-state index in [-0.39, 0.29) is 27.9 Å². The zero-order chi connectivity index (χ0) is 8.59. The standard InChI is InChI=1S/C5H3BrClN/c6-5-2-1-4(7)3-8-5/h1-3H/i1D,2D,3D. The lowest BCUT2D eigenvalue weighted by Crippen LogP contribution is -1.70. The lowest BCUT2D eigenvalue weighted by Gasteiger charge is -1.85. The molecule has 0 bridgehead atoms. The third kappa shape index (κ3) is 1.46. The molecule has 1 aromatic heterocycles. The van der Waals surface area contributed by atoms with E-state index < -0.39 is 0 Å². The zero-order valence-electron chi connectivity index (χ0n) is 6.70. The summed E-state index contributed by atoms with van der Waals surface area (Å²) in [5.74, 6) is 0. The minimum absolute atomic E-state index is 0.0850. The molecular weight excluding hydrogens is 189 g/mol. The first kappa shape index (κ1) is 3.18. The minimum atomic E-state index is -0.181. The summed E-state index contributed by atoms with van der Waals surface area (Å²) in [7, 11) is 0. The van der Waals surface area contributed by atoms with E-state index in [0.29, 0.717) is 0 Å². The number of rotatable bonds is 0. The molecule has 0 spiro atoms. The lowest BCUT2D eigenvalue weighted by atomic mass is 10.5. The first-order valence-electron chi connectivity index (χ1n) is 3.33. The van der Waals surface area contributed by atoms with Crippen molar-refractivity contribution in [2.45, 2.75) is 0 Å². The molecule has 3 heteroatoms. The molecule has 42 valence electrons. The van der Waals surface area contributed by atoms with Crippen molar-refractivity contribution in [2.75, 3.05) is 0 Å². The SMILES string of the molecule is [2H]c1nc(Br)c([2H])c([2H])c1Cl. The summed E-state index contributed by atoms with van der Waals surface area (Å²) in [4.78, 5) is 3.58. The molecule has 0 aromatic carbocycles. The fraction of sp³-hybridized carbons (Fsp3) is 0. The van der Waals surface area contributed by atoms with E-state index in [0.717, 1.165) is 0 Å². The first-order valence-corrected chi connectivity index (χ1v) is 3.00. The Kier molecular flexibility index (Phi) is 0.980. The van der Waals surface area contributed by atoms with Crippen molar-refractivity contribution in [2.24, 2.45) is 0 Å². The molecule has 1 nitrogen and oxygen atoms in total. The smallest absolute Gasteiger partial charge is 0.106 e. The number of hydrogen-bond acceptors (Lipinski definition) is 1. The average molecular weight is 195 g/mol. The van der Waals surface area contributed by atoms with Gasteiger partial charge in [0.05, 0.1) is 9.13 Å². The van der Waals surface area contributed by atoms with Gasteiger partial charge in [0.25, 0.3) is 0 Å². The van der Waals surface area contributed by atoms with Crippen molar-refractivity contribution in [3.8, 4) is 0 Å². The molecule has 0 radical (unpaired) electrons. The van der Waals surface area contributed by atoms with Crippen molar-refractivity contribution in [1.29, 1.82) is 0 Å². The van der Waals surface area contributed by atoms with Gasteiger partial charge < -0.3 is 0 Å². The quantitative estimate of drug-likeness (QED) is 0.580. The van der Waals surface area contributed by atoms with Crippen LogP contribution in [0.5, 0.6) is 0 Å². The summed E-state index contributed by atoms with van der Waals surface area (Å²) in [6.45, 7) is 0. The molecule has 0 saturated heterocycles. The summed E-state index contributed by atoms with van der Waals surface area (Å²) in [5, 5.41) is -0.0850. The maximum absolute atomic E-state index is 7.22. The average Bonchev–Trinajstić information content (AvgIpc) is 1.97. The number of hydrogen-bond donors (Lipinski definition) is 0. The Bertz CT molecular complexity index is 278. The normalized spacial score (nSPS) is 14.5. The summed E-state index contributed by atoms with van der Waals surface area (Å²) in [6.07, 6.45) is -0.181. The Morgan fingerprint density at radius 3 is 3.25 bits per heavy atom. The molecule has 0 fully saturated rings. The van der Waals surface area contributed by atoms with Gasteiger partial charge in [-0.05, 0) is 28.0 Å². The van der Waals surface area contributed by atoms with Gasteiger partial charge in [-0.2, -0.15) is 0 Å². The topological polar surface area (TPSA) is 12.9 Å². The summed E-state index contributed by atoms with van der Waals surface area (Å²) in [6, 6.07) is -0.260. The Morgan fingerprint density at radius 1 is 1.75 bits per heavy atom. The van der Waals surface area contributed by atoms with E-state index in [1.165, 1.54) is 0 Å². The van der Waals surface area contributed by atoms with E-state index in [2.05, 4.69) is 20.9 Å². The highest BCUT2D eigenvalue weighted by molar-refractivity contribution is 9.10. The maximum Gasteiger partial charge on any atom is 0.106 e. The predicted octanol–water partition coefficient (Wildman–Crippen LogP) is 2.50. The van der Waals surface area contributed by atoms with Crippen LogP contribution in [0, 0.1) is 0 Å². The molecule has 0 aliphatic heterocycles. The number of halogens is 2. The zero-order valence-corrected chi connectivity index (χ0v) is 6.05. The molecule has 8 heavy (non-hydrogen) atoms. The van der Waals surface area contributed by atoms with Crippen molar-refractivity contribution in [3.05, 3.63) is 27.9 Å². The van der Waals surface area contributed by atoms with E-state index in [9.17, 15) is 0 Å². The van der Waals surface area contributed by atoms with Gasteiger partial charge in [0.2, 0.25) is 0 Å². The molecule has 1 heterocycles. The monoisotopic (exact) mass is 194 g/mol. The largest absolute Gasteiger partial charge is 0.248 e. The minimum Gasteiger partial charge on any atom is -0.248 e. The second-order valence-corrected chi connectivity index (χ2v) is 2.21. The van der Waals surface area contributed by atoms with Crippen molar-refractivity contribution in [1.82, 2.24) is 4.98 Å². The fourth-order valence-corrected chi connectivity index (χ4v) is 0.538. The molecule has 0 N–H and O–H groups in total. The highest BCUT2D eigenvalue weighted by Gasteiger charge is 1.84. The summed E-state index contributed by atoms with van der Waals surface area (Å²) in [5.41, 5.74) is 0. The summed E-state index contributed by atoms with van der Waals surface area (Å²) < 4.78 is 21.7. The van der Waals surface area contributed by atoms with Crippen LogP contribution in [0.25, 0.3) is 0 Å². The molecule has 0 aliphatic rings. The van der Waals surface area contributed by atoms with E-state index in [1.807, 2.05) is 0 Å². The number of pyridine rings is 1. The molecule has 0 aliphatic carbocycles. The van der Waals surface area contributed by atoms with Crippen LogP contribution in [-0.2, 0) is 0 Å². The van der Waals surface area contributed by atoms with E-state index in [1.54, 1.807) is 0 Å². The van der Waals surface area contributed by atoms with Crippen LogP contribution in [0.3, 0.4) is 0 Å². The Morgan fingerprint density at radius 2 is 2.50 bits per heavy atom.